The zero-order valence-electron chi connectivity index (χ0n) is 12.9. The number of nitrogens with one attached hydrogen (secondary N) is 2. The maximum Gasteiger partial charge on any atom is 0.263 e. The summed E-state index contributed by atoms with van der Waals surface area (Å²) in [6.07, 6.45) is 0.949. The fourth-order valence-electron chi connectivity index (χ4n) is 1.87. The lowest BCUT2D eigenvalue weighted by Gasteiger charge is -2.05. The van der Waals surface area contributed by atoms with E-state index in [1.165, 1.54) is 23.5 Å². The third-order valence-electron chi connectivity index (χ3n) is 3.11. The highest BCUT2D eigenvalue weighted by atomic mass is 32.1. The number of nitrogens with zero attached hydrogens (tertiary/aromatic N) is 1. The molecule has 0 saturated heterocycles. The van der Waals surface area contributed by atoms with E-state index in [9.17, 15) is 9.18 Å². The van der Waals surface area contributed by atoms with Crippen LogP contribution in [-0.2, 0) is 0 Å². The zero-order chi connectivity index (χ0) is 16.1. The van der Waals surface area contributed by atoms with Gasteiger partial charge in [-0.2, -0.15) is 0 Å². The number of anilines is 2. The monoisotopic (exact) mass is 321 g/mol. The molecule has 1 aromatic heterocycles. The van der Waals surface area contributed by atoms with Gasteiger partial charge in [0.25, 0.3) is 5.91 Å². The van der Waals surface area contributed by atoms with Gasteiger partial charge in [0, 0.05) is 12.2 Å². The Bertz CT molecular complexity index is 637. The molecule has 0 bridgehead atoms. The van der Waals surface area contributed by atoms with Crippen molar-refractivity contribution < 1.29 is 9.18 Å². The van der Waals surface area contributed by atoms with E-state index in [1.54, 1.807) is 12.1 Å². The van der Waals surface area contributed by atoms with Crippen molar-refractivity contribution in [3.8, 4) is 0 Å². The Labute approximate surface area is 133 Å². The molecule has 0 aliphatic heterocycles. The van der Waals surface area contributed by atoms with Crippen LogP contribution in [0.2, 0.25) is 0 Å². The largest absolute Gasteiger partial charge is 0.351 e. The first kappa shape index (κ1) is 16.4. The first-order chi connectivity index (χ1) is 10.5. The molecule has 118 valence electrons. The van der Waals surface area contributed by atoms with Crippen LogP contribution < -0.4 is 10.6 Å². The molecule has 0 fully saturated rings. The van der Waals surface area contributed by atoms with Crippen molar-refractivity contribution in [3.63, 3.8) is 0 Å². The summed E-state index contributed by atoms with van der Waals surface area (Å²) in [6, 6.07) is 6.02. The lowest BCUT2D eigenvalue weighted by Crippen LogP contribution is -2.25. The third kappa shape index (κ3) is 4.53. The molecule has 0 unspecified atom stereocenters. The minimum Gasteiger partial charge on any atom is -0.351 e. The van der Waals surface area contributed by atoms with E-state index >= 15 is 0 Å². The lowest BCUT2D eigenvalue weighted by molar-refractivity contribution is 0.0955. The van der Waals surface area contributed by atoms with Crippen molar-refractivity contribution in [2.24, 2.45) is 5.92 Å². The summed E-state index contributed by atoms with van der Waals surface area (Å²) >= 11 is 1.30. The summed E-state index contributed by atoms with van der Waals surface area (Å²) in [6.45, 7) is 6.71. The topological polar surface area (TPSA) is 54.0 Å². The molecular formula is C16H20FN3OS. The van der Waals surface area contributed by atoms with Gasteiger partial charge in [-0.3, -0.25) is 4.79 Å². The molecule has 0 aliphatic carbocycles. The maximum atomic E-state index is 12.9. The van der Waals surface area contributed by atoms with Gasteiger partial charge in [0.1, 0.15) is 10.7 Å². The minimum atomic E-state index is -0.286. The fraction of sp³-hybridized carbons (Fsp3) is 0.375. The number of rotatable bonds is 6. The van der Waals surface area contributed by atoms with Gasteiger partial charge in [-0.25, -0.2) is 9.37 Å². The molecule has 0 saturated carbocycles. The van der Waals surface area contributed by atoms with Gasteiger partial charge in [0.2, 0.25) is 0 Å². The third-order valence-corrected chi connectivity index (χ3v) is 4.18. The number of amides is 1. The Kier molecular flexibility index (Phi) is 5.49. The number of hydrogen-bond donors (Lipinski definition) is 2. The highest BCUT2D eigenvalue weighted by Crippen LogP contribution is 2.25. The quantitative estimate of drug-likeness (QED) is 0.842. The molecule has 4 nitrogen and oxygen atoms in total. The lowest BCUT2D eigenvalue weighted by atomic mass is 10.1. The molecule has 0 aliphatic rings. The predicted octanol–water partition coefficient (Wildman–Crippen LogP) is 4.11. The number of carbonyl (C=O) groups is 1. The van der Waals surface area contributed by atoms with Crippen molar-refractivity contribution in [1.29, 1.82) is 0 Å². The Morgan fingerprint density at radius 1 is 1.32 bits per heavy atom. The van der Waals surface area contributed by atoms with E-state index < -0.39 is 0 Å². The Balaban J connectivity index is 2.01. The summed E-state index contributed by atoms with van der Waals surface area (Å²) < 4.78 is 12.9. The van der Waals surface area contributed by atoms with E-state index in [0.717, 1.165) is 12.1 Å². The average Bonchev–Trinajstić information content (AvgIpc) is 2.82. The molecule has 0 atom stereocenters. The van der Waals surface area contributed by atoms with Crippen LogP contribution in [-0.4, -0.2) is 17.4 Å². The van der Waals surface area contributed by atoms with Crippen molar-refractivity contribution in [2.45, 2.75) is 27.2 Å². The summed E-state index contributed by atoms with van der Waals surface area (Å²) in [7, 11) is 0. The van der Waals surface area contributed by atoms with Crippen molar-refractivity contribution >= 4 is 28.1 Å². The van der Waals surface area contributed by atoms with Gasteiger partial charge in [-0.1, -0.05) is 25.2 Å². The van der Waals surface area contributed by atoms with Gasteiger partial charge in [0.15, 0.2) is 5.13 Å². The van der Waals surface area contributed by atoms with Gasteiger partial charge >= 0.3 is 0 Å². The number of carbonyl (C=O) groups excluding carboxylic acids is 1. The van der Waals surface area contributed by atoms with Gasteiger partial charge in [0.05, 0.1) is 5.69 Å². The number of aromatic nitrogens is 1. The van der Waals surface area contributed by atoms with Crippen molar-refractivity contribution in [2.75, 3.05) is 11.9 Å². The molecule has 22 heavy (non-hydrogen) atoms. The highest BCUT2D eigenvalue weighted by molar-refractivity contribution is 7.17. The van der Waals surface area contributed by atoms with E-state index in [0.29, 0.717) is 28.2 Å². The van der Waals surface area contributed by atoms with Crippen LogP contribution in [0.3, 0.4) is 0 Å². The SMILES string of the molecule is Cc1nc(Nc2ccc(F)cc2)sc1C(=O)NCCC(C)C. The van der Waals surface area contributed by atoms with Gasteiger partial charge < -0.3 is 10.6 Å². The Hall–Kier alpha value is -1.95. The number of thiazole rings is 1. The molecule has 1 amide bonds. The van der Waals surface area contributed by atoms with Crippen LogP contribution in [0.25, 0.3) is 0 Å². The van der Waals surface area contributed by atoms with Gasteiger partial charge in [-0.05, 0) is 43.5 Å². The smallest absolute Gasteiger partial charge is 0.263 e. The van der Waals surface area contributed by atoms with E-state index in [-0.39, 0.29) is 11.7 Å². The predicted molar refractivity (Wildman–Crippen MR) is 88.3 cm³/mol. The second-order valence-corrected chi connectivity index (χ2v) is 6.50. The van der Waals surface area contributed by atoms with Crippen LogP contribution in [0.15, 0.2) is 24.3 Å². The van der Waals surface area contributed by atoms with Crippen LogP contribution in [0.4, 0.5) is 15.2 Å². The molecule has 0 spiro atoms. The van der Waals surface area contributed by atoms with Crippen LogP contribution in [0, 0.1) is 18.7 Å². The standard InChI is InChI=1S/C16H20FN3OS/c1-10(2)8-9-18-15(21)14-11(3)19-16(22-14)20-13-6-4-12(17)5-7-13/h4-7,10H,8-9H2,1-3H3,(H,18,21)(H,19,20). The summed E-state index contributed by atoms with van der Waals surface area (Å²) in [5, 5.41) is 6.62. The molecule has 0 radical (unpaired) electrons. The summed E-state index contributed by atoms with van der Waals surface area (Å²) in [5.74, 6) is 0.174. The van der Waals surface area contributed by atoms with Crippen LogP contribution in [0.1, 0.15) is 35.6 Å². The van der Waals surface area contributed by atoms with Crippen LogP contribution >= 0.6 is 11.3 Å². The second kappa shape index (κ2) is 7.35. The first-order valence-corrected chi connectivity index (χ1v) is 8.05. The number of hydrogen-bond acceptors (Lipinski definition) is 4. The maximum absolute atomic E-state index is 12.9. The molecule has 2 rings (SSSR count). The first-order valence-electron chi connectivity index (χ1n) is 7.24. The minimum absolute atomic E-state index is 0.0946. The number of halogens is 1. The van der Waals surface area contributed by atoms with Crippen molar-refractivity contribution in [3.05, 3.63) is 40.7 Å². The molecular weight excluding hydrogens is 301 g/mol. The van der Waals surface area contributed by atoms with Gasteiger partial charge in [-0.15, -0.1) is 0 Å². The summed E-state index contributed by atoms with van der Waals surface area (Å²) in [5.41, 5.74) is 1.43. The zero-order valence-corrected chi connectivity index (χ0v) is 13.8. The highest BCUT2D eigenvalue weighted by Gasteiger charge is 2.15. The van der Waals surface area contributed by atoms with Crippen LogP contribution in [0.5, 0.6) is 0 Å². The fourth-order valence-corrected chi connectivity index (χ4v) is 2.77. The average molecular weight is 321 g/mol. The number of benzene rings is 1. The summed E-state index contributed by atoms with van der Waals surface area (Å²) in [4.78, 5) is 17.1. The molecule has 6 heteroatoms. The Morgan fingerprint density at radius 2 is 2.00 bits per heavy atom. The van der Waals surface area contributed by atoms with Crippen molar-refractivity contribution in [1.82, 2.24) is 10.3 Å². The normalized spacial score (nSPS) is 10.8. The Morgan fingerprint density at radius 3 is 2.64 bits per heavy atom. The van der Waals surface area contributed by atoms with E-state index in [2.05, 4.69) is 29.5 Å². The van der Waals surface area contributed by atoms with E-state index in [4.69, 9.17) is 0 Å². The molecule has 2 N–H and O–H groups in total. The molecule has 1 heterocycles. The molecule has 2 aromatic rings. The second-order valence-electron chi connectivity index (χ2n) is 5.50. The molecule has 1 aromatic carbocycles. The number of aryl methyl sites for hydroxylation is 1. The van der Waals surface area contributed by atoms with E-state index in [1.807, 2.05) is 6.92 Å².